The lowest BCUT2D eigenvalue weighted by Crippen LogP contribution is -2.74. The molecular formula is C23H39N3O6. The van der Waals surface area contributed by atoms with Gasteiger partial charge in [-0.25, -0.2) is 0 Å². The first-order valence-electron chi connectivity index (χ1n) is 11.4. The van der Waals surface area contributed by atoms with Gasteiger partial charge in [0.05, 0.1) is 24.4 Å². The first kappa shape index (κ1) is 25.5. The molecule has 1 aromatic carbocycles. The highest BCUT2D eigenvalue weighted by atomic mass is 16.7. The van der Waals surface area contributed by atoms with Crippen molar-refractivity contribution >= 4 is 0 Å². The average molecular weight is 454 g/mol. The molecule has 9 nitrogen and oxygen atoms in total. The molecule has 9 heteroatoms. The van der Waals surface area contributed by atoms with Crippen LogP contribution in [0.5, 0.6) is 0 Å². The van der Waals surface area contributed by atoms with Gasteiger partial charge in [0.25, 0.3) is 0 Å². The molecule has 0 amide bonds. The van der Waals surface area contributed by atoms with Crippen molar-refractivity contribution in [1.29, 1.82) is 0 Å². The zero-order valence-corrected chi connectivity index (χ0v) is 19.2. The van der Waals surface area contributed by atoms with Gasteiger partial charge >= 0.3 is 0 Å². The number of fused-ring (bicyclic) bond motifs is 1. The van der Waals surface area contributed by atoms with Crippen molar-refractivity contribution < 1.29 is 29.9 Å². The first-order valence-corrected chi connectivity index (χ1v) is 11.4. The number of benzene rings is 1. The van der Waals surface area contributed by atoms with E-state index in [1.807, 2.05) is 30.3 Å². The van der Waals surface area contributed by atoms with Crippen LogP contribution in [-0.2, 0) is 15.9 Å². The molecule has 7 N–H and O–H groups in total. The summed E-state index contributed by atoms with van der Waals surface area (Å²) in [6, 6.07) is 9.28. The van der Waals surface area contributed by atoms with Crippen LogP contribution in [0.3, 0.4) is 0 Å². The number of aliphatic hydroxyl groups is 4. The van der Waals surface area contributed by atoms with Crippen LogP contribution in [0.4, 0.5) is 0 Å². The monoisotopic (exact) mass is 453 g/mol. The molecular weight excluding hydrogens is 414 g/mol. The largest absolute Gasteiger partial charge is 0.393 e. The van der Waals surface area contributed by atoms with E-state index in [1.54, 1.807) is 21.0 Å². The number of rotatable bonds is 10. The van der Waals surface area contributed by atoms with Gasteiger partial charge in [-0.05, 0) is 46.0 Å². The van der Waals surface area contributed by atoms with E-state index >= 15 is 0 Å². The zero-order chi connectivity index (χ0) is 23.4. The molecule has 1 saturated carbocycles. The van der Waals surface area contributed by atoms with Gasteiger partial charge in [0.1, 0.15) is 18.3 Å². The van der Waals surface area contributed by atoms with Crippen LogP contribution in [-0.4, -0.2) is 102 Å². The molecule has 2 aliphatic rings. The van der Waals surface area contributed by atoms with E-state index < -0.39 is 35.7 Å². The molecule has 1 aliphatic carbocycles. The fraction of sp³-hybridized carbons (Fsp3) is 0.739. The molecule has 3 unspecified atom stereocenters. The maximum Gasteiger partial charge on any atom is 0.220 e. The van der Waals surface area contributed by atoms with E-state index in [0.29, 0.717) is 13.0 Å². The van der Waals surface area contributed by atoms with Gasteiger partial charge in [0.15, 0.2) is 0 Å². The molecule has 0 spiro atoms. The Morgan fingerprint density at radius 1 is 1.22 bits per heavy atom. The average Bonchev–Trinajstić information content (AvgIpc) is 2.76. The first-order chi connectivity index (χ1) is 15.2. The van der Waals surface area contributed by atoms with E-state index in [0.717, 1.165) is 12.0 Å². The molecule has 1 aliphatic heterocycles. The number of hydrogen-bond acceptors (Lipinski definition) is 9. The topological polar surface area (TPSA) is 135 Å². The summed E-state index contributed by atoms with van der Waals surface area (Å²) in [5.74, 6) is -2.05. The Morgan fingerprint density at radius 3 is 2.56 bits per heavy atom. The number of nitrogens with one attached hydrogen (secondary N) is 3. The molecule has 32 heavy (non-hydrogen) atoms. The maximum absolute atomic E-state index is 11.5. The van der Waals surface area contributed by atoms with Gasteiger partial charge in [-0.1, -0.05) is 30.3 Å². The molecule has 8 atom stereocenters. The number of hydrogen-bond donors (Lipinski definition) is 7. The van der Waals surface area contributed by atoms with Crippen molar-refractivity contribution in [3.8, 4) is 0 Å². The van der Waals surface area contributed by atoms with Crippen molar-refractivity contribution in [2.24, 2.45) is 0 Å². The van der Waals surface area contributed by atoms with Crippen molar-refractivity contribution in [3.63, 3.8) is 0 Å². The van der Waals surface area contributed by atoms with Gasteiger partial charge in [0.2, 0.25) is 5.79 Å². The van der Waals surface area contributed by atoms with Gasteiger partial charge in [-0.2, -0.15) is 0 Å². The molecule has 1 aromatic rings. The van der Waals surface area contributed by atoms with E-state index in [4.69, 9.17) is 9.47 Å². The van der Waals surface area contributed by atoms with E-state index in [9.17, 15) is 20.4 Å². The van der Waals surface area contributed by atoms with Crippen LogP contribution >= 0.6 is 0 Å². The number of likely N-dealkylation sites (N-methyl/N-ethyl adjacent to an activating group) is 2. The Bertz CT molecular complexity index is 710. The Balaban J connectivity index is 1.71. The second kappa shape index (κ2) is 10.9. The third-order valence-corrected chi connectivity index (χ3v) is 6.73. The van der Waals surface area contributed by atoms with Gasteiger partial charge < -0.3 is 45.9 Å². The van der Waals surface area contributed by atoms with Crippen molar-refractivity contribution in [3.05, 3.63) is 35.9 Å². The molecule has 0 radical (unpaired) electrons. The lowest BCUT2D eigenvalue weighted by Gasteiger charge is -2.54. The molecule has 3 rings (SSSR count). The SMILES string of the molecule is CN[C@H]1CC2OC[C@](O)(C(O)(CNCCc3ccccc3)C[C@@H](C)O)OC2[C@@H](NC)[C@H]1O. The number of aliphatic hydroxyl groups excluding tert-OH is 2. The minimum absolute atomic E-state index is 0.00783. The summed E-state index contributed by atoms with van der Waals surface area (Å²) in [6.07, 6.45) is -1.47. The number of ether oxygens (including phenoxy) is 2. The van der Waals surface area contributed by atoms with E-state index in [2.05, 4.69) is 16.0 Å². The summed E-state index contributed by atoms with van der Waals surface area (Å²) in [6.45, 7) is 1.91. The third-order valence-electron chi connectivity index (χ3n) is 6.73. The quantitative estimate of drug-likeness (QED) is 0.217. The van der Waals surface area contributed by atoms with Crippen molar-refractivity contribution in [2.75, 3.05) is 33.8 Å². The summed E-state index contributed by atoms with van der Waals surface area (Å²) >= 11 is 0. The molecule has 182 valence electrons. The highest BCUT2D eigenvalue weighted by Crippen LogP contribution is 2.39. The molecule has 2 fully saturated rings. The van der Waals surface area contributed by atoms with Crippen LogP contribution in [0.15, 0.2) is 30.3 Å². The lowest BCUT2D eigenvalue weighted by molar-refractivity contribution is -0.387. The van der Waals surface area contributed by atoms with Gasteiger partial charge in [-0.15, -0.1) is 0 Å². The summed E-state index contributed by atoms with van der Waals surface area (Å²) < 4.78 is 12.1. The molecule has 1 heterocycles. The zero-order valence-electron chi connectivity index (χ0n) is 19.2. The minimum atomic E-state index is -2.05. The van der Waals surface area contributed by atoms with Crippen LogP contribution in [0.1, 0.15) is 25.3 Å². The predicted octanol–water partition coefficient (Wildman–Crippen LogP) is -1.27. The molecule has 1 saturated heterocycles. The van der Waals surface area contributed by atoms with E-state index in [-0.39, 0.29) is 31.7 Å². The second-order valence-corrected chi connectivity index (χ2v) is 9.15. The van der Waals surface area contributed by atoms with Crippen molar-refractivity contribution in [2.45, 2.75) is 74.1 Å². The molecule has 0 aromatic heterocycles. The molecule has 0 bridgehead atoms. The predicted molar refractivity (Wildman–Crippen MR) is 120 cm³/mol. The maximum atomic E-state index is 11.5. The minimum Gasteiger partial charge on any atom is -0.393 e. The van der Waals surface area contributed by atoms with Crippen LogP contribution in [0.2, 0.25) is 0 Å². The fourth-order valence-corrected chi connectivity index (χ4v) is 4.89. The summed E-state index contributed by atoms with van der Waals surface area (Å²) in [5.41, 5.74) is -0.642. The van der Waals surface area contributed by atoms with E-state index in [1.165, 1.54) is 0 Å². The summed E-state index contributed by atoms with van der Waals surface area (Å²) in [5, 5.41) is 53.1. The Labute approximate surface area is 190 Å². The van der Waals surface area contributed by atoms with Crippen molar-refractivity contribution in [1.82, 2.24) is 16.0 Å². The fourth-order valence-electron chi connectivity index (χ4n) is 4.89. The van der Waals surface area contributed by atoms with Gasteiger partial charge in [-0.3, -0.25) is 0 Å². The Kier molecular flexibility index (Phi) is 8.65. The van der Waals surface area contributed by atoms with Crippen LogP contribution < -0.4 is 16.0 Å². The van der Waals surface area contributed by atoms with Gasteiger partial charge in [0, 0.05) is 19.0 Å². The summed E-state index contributed by atoms with van der Waals surface area (Å²) in [7, 11) is 3.50. The normalized spacial score (nSPS) is 35.7. The highest BCUT2D eigenvalue weighted by Gasteiger charge is 2.59. The highest BCUT2D eigenvalue weighted by molar-refractivity contribution is 5.15. The second-order valence-electron chi connectivity index (χ2n) is 9.15. The smallest absolute Gasteiger partial charge is 0.220 e. The summed E-state index contributed by atoms with van der Waals surface area (Å²) in [4.78, 5) is 0. The van der Waals surface area contributed by atoms with Crippen LogP contribution in [0, 0.1) is 0 Å². The Hall–Kier alpha value is -1.14. The lowest BCUT2D eigenvalue weighted by atomic mass is 9.80. The standard InChI is InChI=1S/C23H39N3O6/c1-15(27)12-22(29,13-26-10-9-16-7-5-4-6-8-16)23(30)14-31-18-11-17(24-2)20(28)19(25-3)21(18)32-23/h4-8,15,17-21,24-30H,9-14H2,1-3H3/t15-,17+,18?,19+,20+,21?,22?,23-/m1/s1. The third kappa shape index (κ3) is 5.49. The van der Waals surface area contributed by atoms with Crippen LogP contribution in [0.25, 0.3) is 0 Å². The Morgan fingerprint density at radius 2 is 1.94 bits per heavy atom.